The zero-order valence-electron chi connectivity index (χ0n) is 13.0. The summed E-state index contributed by atoms with van der Waals surface area (Å²) in [7, 11) is 0. The quantitative estimate of drug-likeness (QED) is 0.520. The number of aromatic nitrogens is 2. The molecule has 26 heavy (non-hydrogen) atoms. The van der Waals surface area contributed by atoms with Crippen molar-refractivity contribution in [1.29, 1.82) is 0 Å². The van der Waals surface area contributed by atoms with Crippen molar-refractivity contribution >= 4 is 62.5 Å². The van der Waals surface area contributed by atoms with Crippen LogP contribution in [0.5, 0.6) is 0 Å². The summed E-state index contributed by atoms with van der Waals surface area (Å²) in [5.41, 5.74) is 0.896. The van der Waals surface area contributed by atoms with Gasteiger partial charge in [0, 0.05) is 0 Å². The molecule has 0 aliphatic carbocycles. The fourth-order valence-corrected chi connectivity index (χ4v) is 2.99. The van der Waals surface area contributed by atoms with Gasteiger partial charge in [-0.05, 0) is 40.2 Å². The minimum absolute atomic E-state index is 0.138. The number of carbonyl (C=O) groups excluding carboxylic acids is 2. The molecule has 3 N–H and O–H groups in total. The highest BCUT2D eigenvalue weighted by molar-refractivity contribution is 9.10. The Morgan fingerprint density at radius 3 is 2.27 bits per heavy atom. The number of hydrogen-bond donors (Lipinski definition) is 3. The average Bonchev–Trinajstić information content (AvgIpc) is 2.98. The monoisotopic (exact) mass is 452 g/mol. The van der Waals surface area contributed by atoms with Crippen molar-refractivity contribution in [1.82, 2.24) is 10.2 Å². The fourth-order valence-electron chi connectivity index (χ4n) is 2.13. The van der Waals surface area contributed by atoms with Crippen molar-refractivity contribution in [2.45, 2.75) is 0 Å². The van der Waals surface area contributed by atoms with Crippen LogP contribution in [0.1, 0.15) is 20.8 Å². The lowest BCUT2D eigenvalue weighted by Gasteiger charge is -2.06. The van der Waals surface area contributed by atoms with Gasteiger partial charge >= 0.3 is 0 Å². The third-order valence-electron chi connectivity index (χ3n) is 3.41. The van der Waals surface area contributed by atoms with Gasteiger partial charge in [-0.1, -0.05) is 47.5 Å². The molecule has 0 radical (unpaired) electrons. The van der Waals surface area contributed by atoms with E-state index in [1.54, 1.807) is 48.5 Å². The third-order valence-corrected chi connectivity index (χ3v) is 4.84. The number of anilines is 2. The van der Waals surface area contributed by atoms with Gasteiger partial charge in [0.2, 0.25) is 0 Å². The maximum atomic E-state index is 12.4. The Kier molecular flexibility index (Phi) is 5.61. The Morgan fingerprint density at radius 1 is 0.923 bits per heavy atom. The van der Waals surface area contributed by atoms with E-state index in [0.717, 1.165) is 0 Å². The summed E-state index contributed by atoms with van der Waals surface area (Å²) in [5, 5.41) is 12.5. The van der Waals surface area contributed by atoms with Crippen molar-refractivity contribution in [2.24, 2.45) is 0 Å². The molecular weight excluding hydrogens is 443 g/mol. The zero-order valence-corrected chi connectivity index (χ0v) is 16.1. The standard InChI is InChI=1S/C17H11BrCl2N4O2/c18-13-14(17(26)21-12-8-4-3-7-11(12)20)23-24-15(13)22-16(25)9-5-1-2-6-10(9)19/h1-8H,(H,21,26)(H2,22,23,24,25). The Morgan fingerprint density at radius 2 is 1.58 bits per heavy atom. The van der Waals surface area contributed by atoms with Crippen LogP contribution < -0.4 is 10.6 Å². The van der Waals surface area contributed by atoms with E-state index in [1.807, 2.05) is 0 Å². The highest BCUT2D eigenvalue weighted by Crippen LogP contribution is 2.27. The maximum absolute atomic E-state index is 12.4. The van der Waals surface area contributed by atoms with Crippen LogP contribution in [0.25, 0.3) is 0 Å². The molecule has 0 spiro atoms. The molecule has 0 unspecified atom stereocenters. The first-order chi connectivity index (χ1) is 12.5. The number of amides is 2. The molecule has 2 aromatic carbocycles. The van der Waals surface area contributed by atoms with Crippen LogP contribution in [0.15, 0.2) is 53.0 Å². The first kappa shape index (κ1) is 18.4. The molecule has 0 saturated carbocycles. The lowest BCUT2D eigenvalue weighted by molar-refractivity contribution is 0.101. The zero-order chi connectivity index (χ0) is 18.7. The topological polar surface area (TPSA) is 86.9 Å². The molecule has 3 aromatic rings. The van der Waals surface area contributed by atoms with Gasteiger partial charge in [-0.2, -0.15) is 5.10 Å². The van der Waals surface area contributed by atoms with Crippen LogP contribution in [0.3, 0.4) is 0 Å². The number of aromatic amines is 1. The van der Waals surface area contributed by atoms with Gasteiger partial charge in [0.15, 0.2) is 5.82 Å². The third kappa shape index (κ3) is 3.90. The fraction of sp³-hybridized carbons (Fsp3) is 0. The number of nitrogens with zero attached hydrogens (tertiary/aromatic N) is 1. The molecule has 6 nitrogen and oxygen atoms in total. The molecule has 1 heterocycles. The van der Waals surface area contributed by atoms with Crippen LogP contribution in [0, 0.1) is 0 Å². The number of benzene rings is 2. The molecule has 0 bridgehead atoms. The van der Waals surface area contributed by atoms with E-state index in [9.17, 15) is 9.59 Å². The number of hydrogen-bond acceptors (Lipinski definition) is 3. The molecule has 0 fully saturated rings. The number of carbonyl (C=O) groups is 2. The number of nitrogens with one attached hydrogen (secondary N) is 3. The van der Waals surface area contributed by atoms with Crippen LogP contribution in [0.4, 0.5) is 11.5 Å². The molecule has 9 heteroatoms. The van der Waals surface area contributed by atoms with Crippen LogP contribution in [-0.2, 0) is 0 Å². The van der Waals surface area contributed by atoms with Gasteiger partial charge in [-0.15, -0.1) is 0 Å². The van der Waals surface area contributed by atoms with Gasteiger partial charge in [-0.25, -0.2) is 0 Å². The van der Waals surface area contributed by atoms with Crippen LogP contribution in [0.2, 0.25) is 10.0 Å². The van der Waals surface area contributed by atoms with Crippen molar-refractivity contribution in [3.63, 3.8) is 0 Å². The van der Waals surface area contributed by atoms with Crippen LogP contribution in [-0.4, -0.2) is 22.0 Å². The Bertz CT molecular complexity index is 990. The highest BCUT2D eigenvalue weighted by atomic mass is 79.9. The minimum atomic E-state index is -0.462. The van der Waals surface area contributed by atoms with E-state index in [1.165, 1.54) is 0 Å². The summed E-state index contributed by atoms with van der Waals surface area (Å²) in [5.74, 6) is -0.740. The van der Waals surface area contributed by atoms with Crippen molar-refractivity contribution in [3.8, 4) is 0 Å². The second kappa shape index (κ2) is 7.90. The maximum Gasteiger partial charge on any atom is 0.274 e. The first-order valence-corrected chi connectivity index (χ1v) is 8.88. The molecule has 132 valence electrons. The normalized spacial score (nSPS) is 10.4. The number of halogens is 3. The summed E-state index contributed by atoms with van der Waals surface area (Å²) < 4.78 is 0.308. The van der Waals surface area contributed by atoms with E-state index < -0.39 is 11.8 Å². The van der Waals surface area contributed by atoms with Gasteiger partial charge in [-0.3, -0.25) is 14.7 Å². The number of para-hydroxylation sites is 1. The number of rotatable bonds is 4. The molecule has 2 amide bonds. The predicted octanol–water partition coefficient (Wildman–Crippen LogP) is 4.98. The SMILES string of the molecule is O=C(Nc1n[nH]c(C(=O)Nc2ccccc2Cl)c1Br)c1ccccc1Cl. The van der Waals surface area contributed by atoms with Gasteiger partial charge in [0.25, 0.3) is 11.8 Å². The summed E-state index contributed by atoms with van der Waals surface area (Å²) in [4.78, 5) is 24.7. The van der Waals surface area contributed by atoms with Crippen molar-refractivity contribution in [3.05, 3.63) is 74.3 Å². The van der Waals surface area contributed by atoms with Crippen LogP contribution >= 0.6 is 39.1 Å². The minimum Gasteiger partial charge on any atom is -0.319 e. The number of H-pyrrole nitrogens is 1. The van der Waals surface area contributed by atoms with Gasteiger partial charge in [0.1, 0.15) is 5.69 Å². The molecule has 0 atom stereocenters. The molecular formula is C17H11BrCl2N4O2. The van der Waals surface area contributed by atoms with Gasteiger partial charge < -0.3 is 10.6 Å². The van der Waals surface area contributed by atoms with Crippen molar-refractivity contribution < 1.29 is 9.59 Å². The smallest absolute Gasteiger partial charge is 0.274 e. The molecule has 0 aliphatic heterocycles. The predicted molar refractivity (Wildman–Crippen MR) is 105 cm³/mol. The average molecular weight is 454 g/mol. The van der Waals surface area contributed by atoms with E-state index in [2.05, 4.69) is 36.8 Å². The van der Waals surface area contributed by atoms with E-state index in [-0.39, 0.29) is 11.5 Å². The Labute approximate surface area is 167 Å². The molecule has 1 aromatic heterocycles. The van der Waals surface area contributed by atoms with Crippen molar-refractivity contribution in [2.75, 3.05) is 10.6 Å². The van der Waals surface area contributed by atoms with E-state index in [0.29, 0.717) is 25.8 Å². The largest absolute Gasteiger partial charge is 0.319 e. The molecule has 3 rings (SSSR count). The Balaban J connectivity index is 1.78. The first-order valence-electron chi connectivity index (χ1n) is 7.33. The second-order valence-electron chi connectivity index (χ2n) is 5.13. The summed E-state index contributed by atoms with van der Waals surface area (Å²) in [6.07, 6.45) is 0. The lowest BCUT2D eigenvalue weighted by atomic mass is 10.2. The summed E-state index contributed by atoms with van der Waals surface area (Å²) in [6.45, 7) is 0. The van der Waals surface area contributed by atoms with Gasteiger partial charge in [0.05, 0.1) is 25.8 Å². The molecule has 0 aliphatic rings. The van der Waals surface area contributed by atoms with E-state index >= 15 is 0 Å². The lowest BCUT2D eigenvalue weighted by Crippen LogP contribution is -2.14. The van der Waals surface area contributed by atoms with E-state index in [4.69, 9.17) is 23.2 Å². The second-order valence-corrected chi connectivity index (χ2v) is 6.74. The summed E-state index contributed by atoms with van der Waals surface area (Å²) in [6, 6.07) is 13.5. The summed E-state index contributed by atoms with van der Waals surface area (Å²) >= 11 is 15.3. The molecule has 0 saturated heterocycles. The highest BCUT2D eigenvalue weighted by Gasteiger charge is 2.20. The Hall–Kier alpha value is -2.35.